The third-order valence-corrected chi connectivity index (χ3v) is 4.04. The van der Waals surface area contributed by atoms with Gasteiger partial charge in [0.25, 0.3) is 11.4 Å². The van der Waals surface area contributed by atoms with Gasteiger partial charge < -0.3 is 9.40 Å². The van der Waals surface area contributed by atoms with Gasteiger partial charge >= 0.3 is 6.18 Å². The molecule has 3 aromatic heterocycles. The van der Waals surface area contributed by atoms with Crippen LogP contribution in [0.15, 0.2) is 39.5 Å². The second-order valence-electron chi connectivity index (χ2n) is 5.90. The number of aromatic nitrogens is 5. The summed E-state index contributed by atoms with van der Waals surface area (Å²) in [5, 5.41) is 11.0. The first-order chi connectivity index (χ1) is 12.8. The van der Waals surface area contributed by atoms with Crippen molar-refractivity contribution in [2.24, 2.45) is 0 Å². The highest BCUT2D eigenvalue weighted by Gasteiger charge is 2.39. The molecule has 0 saturated heterocycles. The molecule has 0 aliphatic carbocycles. The van der Waals surface area contributed by atoms with Crippen LogP contribution in [-0.4, -0.2) is 24.8 Å². The molecule has 4 aromatic rings. The van der Waals surface area contributed by atoms with Crippen molar-refractivity contribution in [3.05, 3.63) is 58.0 Å². The number of rotatable bonds is 2. The van der Waals surface area contributed by atoms with Crippen LogP contribution in [0, 0.1) is 13.8 Å². The summed E-state index contributed by atoms with van der Waals surface area (Å²) < 4.78 is 46.7. The monoisotopic (exact) mass is 375 g/mol. The summed E-state index contributed by atoms with van der Waals surface area (Å²) in [6, 6.07) is 7.95. The van der Waals surface area contributed by atoms with E-state index in [2.05, 4.69) is 20.3 Å². The molecule has 0 atom stereocenters. The van der Waals surface area contributed by atoms with Gasteiger partial charge in [-0.1, -0.05) is 30.3 Å². The SMILES string of the molecule is Cc1nnc(-c2c(C)[nH]c3c(-c4ccccc4)c(C(F)(F)F)nn3c2=O)o1. The topological polar surface area (TPSA) is 89.1 Å². The highest BCUT2D eigenvalue weighted by Crippen LogP contribution is 2.38. The van der Waals surface area contributed by atoms with Crippen LogP contribution in [0.1, 0.15) is 17.3 Å². The standard InChI is InChI=1S/C17H12F3N5O2/c1-8-11(15-23-22-9(2)27-15)16(26)25-14(21-8)12(10-6-4-3-5-7-10)13(24-25)17(18,19)20/h3-7,21H,1-2H3. The maximum Gasteiger partial charge on any atom is 0.435 e. The van der Waals surface area contributed by atoms with Gasteiger partial charge in [-0.05, 0) is 12.5 Å². The summed E-state index contributed by atoms with van der Waals surface area (Å²) in [6.45, 7) is 3.09. The zero-order chi connectivity index (χ0) is 19.3. The van der Waals surface area contributed by atoms with E-state index in [1.165, 1.54) is 12.1 Å². The van der Waals surface area contributed by atoms with Crippen molar-refractivity contribution < 1.29 is 17.6 Å². The Morgan fingerprint density at radius 1 is 1.07 bits per heavy atom. The summed E-state index contributed by atoms with van der Waals surface area (Å²) in [5.74, 6) is 0.142. The van der Waals surface area contributed by atoms with Crippen LogP contribution in [0.5, 0.6) is 0 Å². The van der Waals surface area contributed by atoms with Crippen LogP contribution in [0.4, 0.5) is 13.2 Å². The lowest BCUT2D eigenvalue weighted by Crippen LogP contribution is -2.20. The number of nitrogens with zero attached hydrogens (tertiary/aromatic N) is 4. The highest BCUT2D eigenvalue weighted by molar-refractivity contribution is 5.81. The molecule has 0 radical (unpaired) electrons. The summed E-state index contributed by atoms with van der Waals surface area (Å²) in [6.07, 6.45) is -4.74. The maximum atomic E-state index is 13.6. The molecule has 27 heavy (non-hydrogen) atoms. The van der Waals surface area contributed by atoms with Gasteiger partial charge in [0.05, 0.1) is 5.56 Å². The quantitative estimate of drug-likeness (QED) is 0.580. The van der Waals surface area contributed by atoms with Crippen LogP contribution in [-0.2, 0) is 6.18 Å². The molecule has 10 heteroatoms. The molecule has 1 aromatic carbocycles. The largest absolute Gasteiger partial charge is 0.435 e. The van der Waals surface area contributed by atoms with Crippen molar-refractivity contribution in [2.45, 2.75) is 20.0 Å². The number of alkyl halides is 3. The number of halogens is 3. The van der Waals surface area contributed by atoms with Gasteiger partial charge in [-0.25, -0.2) is 0 Å². The molecule has 0 spiro atoms. The lowest BCUT2D eigenvalue weighted by molar-refractivity contribution is -0.140. The molecular weight excluding hydrogens is 363 g/mol. The lowest BCUT2D eigenvalue weighted by atomic mass is 10.1. The Hall–Kier alpha value is -3.43. The Labute approximate surface area is 149 Å². The van der Waals surface area contributed by atoms with E-state index in [1.54, 1.807) is 32.0 Å². The minimum absolute atomic E-state index is 0.0288. The van der Waals surface area contributed by atoms with E-state index in [1.807, 2.05) is 0 Å². The van der Waals surface area contributed by atoms with Crippen LogP contribution < -0.4 is 5.56 Å². The minimum Gasteiger partial charge on any atom is -0.421 e. The Kier molecular flexibility index (Phi) is 3.65. The number of H-pyrrole nitrogens is 1. The van der Waals surface area contributed by atoms with Crippen LogP contribution in [0.25, 0.3) is 28.2 Å². The van der Waals surface area contributed by atoms with E-state index in [4.69, 9.17) is 4.42 Å². The zero-order valence-corrected chi connectivity index (χ0v) is 14.1. The minimum atomic E-state index is -4.74. The summed E-state index contributed by atoms with van der Waals surface area (Å²) >= 11 is 0. The number of nitrogens with one attached hydrogen (secondary N) is 1. The molecule has 4 rings (SSSR count). The smallest absolute Gasteiger partial charge is 0.421 e. The third kappa shape index (κ3) is 2.69. The van der Waals surface area contributed by atoms with Gasteiger partial charge in [-0.2, -0.15) is 22.8 Å². The molecule has 0 unspecified atom stereocenters. The molecule has 0 aliphatic heterocycles. The Morgan fingerprint density at radius 3 is 2.37 bits per heavy atom. The van der Waals surface area contributed by atoms with Gasteiger partial charge in [0.2, 0.25) is 5.89 Å². The van der Waals surface area contributed by atoms with Gasteiger partial charge in [0.1, 0.15) is 11.2 Å². The number of aromatic amines is 1. The van der Waals surface area contributed by atoms with Crippen LogP contribution in [0.3, 0.4) is 0 Å². The number of hydrogen-bond acceptors (Lipinski definition) is 5. The van der Waals surface area contributed by atoms with Gasteiger partial charge in [0, 0.05) is 12.6 Å². The normalized spacial score (nSPS) is 12.0. The van der Waals surface area contributed by atoms with Crippen LogP contribution >= 0.6 is 0 Å². The first-order valence-electron chi connectivity index (χ1n) is 7.86. The van der Waals surface area contributed by atoms with Gasteiger partial charge in [-0.3, -0.25) is 4.79 Å². The lowest BCUT2D eigenvalue weighted by Gasteiger charge is -2.07. The van der Waals surface area contributed by atoms with Crippen molar-refractivity contribution in [3.8, 4) is 22.6 Å². The van der Waals surface area contributed by atoms with Crippen molar-refractivity contribution in [1.29, 1.82) is 0 Å². The second-order valence-corrected chi connectivity index (χ2v) is 5.90. The first kappa shape index (κ1) is 17.0. The van der Waals surface area contributed by atoms with E-state index >= 15 is 0 Å². The molecule has 0 bridgehead atoms. The molecule has 7 nitrogen and oxygen atoms in total. The fraction of sp³-hybridized carbons (Fsp3) is 0.176. The molecular formula is C17H12F3N5O2. The van der Waals surface area contributed by atoms with E-state index < -0.39 is 17.4 Å². The average molecular weight is 375 g/mol. The van der Waals surface area contributed by atoms with Crippen molar-refractivity contribution in [2.75, 3.05) is 0 Å². The number of fused-ring (bicyclic) bond motifs is 1. The molecule has 0 amide bonds. The Morgan fingerprint density at radius 2 is 1.78 bits per heavy atom. The summed E-state index contributed by atoms with van der Waals surface area (Å²) in [7, 11) is 0. The molecule has 3 heterocycles. The molecule has 0 aliphatic rings. The predicted molar refractivity (Wildman–Crippen MR) is 89.0 cm³/mol. The average Bonchev–Trinajstić information content (AvgIpc) is 3.19. The van der Waals surface area contributed by atoms with E-state index in [9.17, 15) is 18.0 Å². The Bertz CT molecular complexity index is 1210. The van der Waals surface area contributed by atoms with Gasteiger partial charge in [0.15, 0.2) is 5.69 Å². The number of hydrogen-bond donors (Lipinski definition) is 1. The van der Waals surface area contributed by atoms with Crippen molar-refractivity contribution in [1.82, 2.24) is 24.8 Å². The fourth-order valence-electron chi connectivity index (χ4n) is 2.91. The summed E-state index contributed by atoms with van der Waals surface area (Å²) in [4.78, 5) is 15.7. The first-order valence-corrected chi connectivity index (χ1v) is 7.86. The maximum absolute atomic E-state index is 13.6. The van der Waals surface area contributed by atoms with E-state index in [-0.39, 0.29) is 34.1 Å². The molecule has 138 valence electrons. The summed E-state index contributed by atoms with van der Waals surface area (Å²) in [5.41, 5.74) is -1.64. The predicted octanol–water partition coefficient (Wildman–Crippen LogP) is 3.38. The van der Waals surface area contributed by atoms with E-state index in [0.717, 1.165) is 0 Å². The molecule has 0 fully saturated rings. The number of benzene rings is 1. The molecule has 1 N–H and O–H groups in total. The molecule has 0 saturated carbocycles. The highest BCUT2D eigenvalue weighted by atomic mass is 19.4. The van der Waals surface area contributed by atoms with Crippen molar-refractivity contribution in [3.63, 3.8) is 0 Å². The number of aryl methyl sites for hydroxylation is 2. The Balaban J connectivity index is 2.10. The van der Waals surface area contributed by atoms with Crippen molar-refractivity contribution >= 4 is 5.65 Å². The zero-order valence-electron chi connectivity index (χ0n) is 14.1. The third-order valence-electron chi connectivity index (χ3n) is 4.04. The second kappa shape index (κ2) is 5.79. The van der Waals surface area contributed by atoms with E-state index in [0.29, 0.717) is 10.2 Å². The van der Waals surface area contributed by atoms with Crippen LogP contribution in [0.2, 0.25) is 0 Å². The van der Waals surface area contributed by atoms with Gasteiger partial charge in [-0.15, -0.1) is 10.2 Å². The fourth-order valence-corrected chi connectivity index (χ4v) is 2.91.